The lowest BCUT2D eigenvalue weighted by atomic mass is 10.1. The van der Waals surface area contributed by atoms with Gasteiger partial charge < -0.3 is 20.9 Å². The highest BCUT2D eigenvalue weighted by atomic mass is 16.2. The molecule has 1 aliphatic heterocycles. The van der Waals surface area contributed by atoms with Gasteiger partial charge >= 0.3 is 6.03 Å². The van der Waals surface area contributed by atoms with Crippen molar-refractivity contribution >= 4 is 23.5 Å². The lowest BCUT2D eigenvalue weighted by Gasteiger charge is -2.15. The van der Waals surface area contributed by atoms with Gasteiger partial charge in [0.05, 0.1) is 6.54 Å². The van der Waals surface area contributed by atoms with Crippen molar-refractivity contribution in [2.45, 2.75) is 40.0 Å². The van der Waals surface area contributed by atoms with Gasteiger partial charge in [0, 0.05) is 31.7 Å². The van der Waals surface area contributed by atoms with Crippen LogP contribution >= 0.6 is 0 Å². The third kappa shape index (κ3) is 5.75. The molecular formula is C19H28N4O3. The summed E-state index contributed by atoms with van der Waals surface area (Å²) in [4.78, 5) is 37.5. The van der Waals surface area contributed by atoms with E-state index in [1.807, 2.05) is 37.8 Å². The van der Waals surface area contributed by atoms with Gasteiger partial charge in [0.1, 0.15) is 0 Å². The Labute approximate surface area is 154 Å². The van der Waals surface area contributed by atoms with E-state index in [9.17, 15) is 14.4 Å². The average molecular weight is 360 g/mol. The van der Waals surface area contributed by atoms with Crippen molar-refractivity contribution in [3.63, 3.8) is 0 Å². The predicted molar refractivity (Wildman–Crippen MR) is 101 cm³/mol. The molecule has 1 aliphatic rings. The molecule has 0 saturated carbocycles. The molecule has 0 unspecified atom stereocenters. The number of rotatable bonds is 6. The second-order valence-corrected chi connectivity index (χ2v) is 6.77. The molecule has 1 fully saturated rings. The van der Waals surface area contributed by atoms with Crippen LogP contribution in [0.25, 0.3) is 0 Å². The molecule has 142 valence electrons. The number of likely N-dealkylation sites (tertiary alicyclic amines) is 1. The zero-order chi connectivity index (χ0) is 19.1. The summed E-state index contributed by atoms with van der Waals surface area (Å²) >= 11 is 0. The summed E-state index contributed by atoms with van der Waals surface area (Å²) in [5, 5.41) is 7.95. The number of benzene rings is 1. The summed E-state index contributed by atoms with van der Waals surface area (Å²) in [5.41, 5.74) is 3.89. The number of nitrogens with one attached hydrogen (secondary N) is 3. The molecule has 7 heteroatoms. The van der Waals surface area contributed by atoms with Crippen LogP contribution in [0, 0.1) is 20.8 Å². The maximum atomic E-state index is 12.0. The van der Waals surface area contributed by atoms with Crippen LogP contribution in [0.15, 0.2) is 12.1 Å². The second-order valence-electron chi connectivity index (χ2n) is 6.77. The van der Waals surface area contributed by atoms with Gasteiger partial charge in [0.15, 0.2) is 0 Å². The number of hydrogen-bond acceptors (Lipinski definition) is 3. The van der Waals surface area contributed by atoms with Crippen LogP contribution in [0.4, 0.5) is 10.5 Å². The standard InChI is InChI=1S/C19H28N4O3/c1-13-10-14(2)18(15(3)11-13)22-16(24)12-21-19(26)20-7-6-17(25)23-8-4-5-9-23/h10-11H,4-9,12H2,1-3H3,(H,22,24)(H2,20,21,26). The van der Waals surface area contributed by atoms with Gasteiger partial charge in [-0.3, -0.25) is 9.59 Å². The van der Waals surface area contributed by atoms with E-state index in [0.717, 1.165) is 48.3 Å². The molecule has 7 nitrogen and oxygen atoms in total. The van der Waals surface area contributed by atoms with Crippen LogP contribution in [-0.4, -0.2) is 48.9 Å². The average Bonchev–Trinajstić information content (AvgIpc) is 3.11. The SMILES string of the molecule is Cc1cc(C)c(NC(=O)CNC(=O)NCCC(=O)N2CCCC2)c(C)c1. The minimum Gasteiger partial charge on any atom is -0.343 e. The first-order chi connectivity index (χ1) is 12.4. The molecule has 1 heterocycles. The Hall–Kier alpha value is -2.57. The van der Waals surface area contributed by atoms with Crippen molar-refractivity contribution < 1.29 is 14.4 Å². The quantitative estimate of drug-likeness (QED) is 0.723. The molecule has 4 amide bonds. The summed E-state index contributed by atoms with van der Waals surface area (Å²) < 4.78 is 0. The number of aryl methyl sites for hydroxylation is 3. The van der Waals surface area contributed by atoms with Crippen molar-refractivity contribution in [3.05, 3.63) is 28.8 Å². The minimum atomic E-state index is -0.452. The maximum absolute atomic E-state index is 12.0. The molecule has 0 radical (unpaired) electrons. The highest BCUT2D eigenvalue weighted by molar-refractivity contribution is 5.95. The third-order valence-electron chi connectivity index (χ3n) is 4.43. The number of carbonyl (C=O) groups is 3. The fraction of sp³-hybridized carbons (Fsp3) is 0.526. The topological polar surface area (TPSA) is 90.5 Å². The fourth-order valence-electron chi connectivity index (χ4n) is 3.19. The second kappa shape index (κ2) is 9.22. The Morgan fingerprint density at radius 2 is 1.62 bits per heavy atom. The molecule has 26 heavy (non-hydrogen) atoms. The normalized spacial score (nSPS) is 13.4. The largest absolute Gasteiger partial charge is 0.343 e. The Morgan fingerprint density at radius 1 is 1.00 bits per heavy atom. The predicted octanol–water partition coefficient (Wildman–Crippen LogP) is 1.86. The zero-order valence-electron chi connectivity index (χ0n) is 15.8. The highest BCUT2D eigenvalue weighted by Crippen LogP contribution is 2.21. The number of anilines is 1. The molecule has 0 bridgehead atoms. The number of hydrogen-bond donors (Lipinski definition) is 3. The molecule has 0 aliphatic carbocycles. The number of urea groups is 1. The van der Waals surface area contributed by atoms with E-state index >= 15 is 0 Å². The van der Waals surface area contributed by atoms with Crippen LogP contribution in [0.2, 0.25) is 0 Å². The van der Waals surface area contributed by atoms with Crippen molar-refractivity contribution in [1.29, 1.82) is 0 Å². The maximum Gasteiger partial charge on any atom is 0.315 e. The van der Waals surface area contributed by atoms with Crippen molar-refractivity contribution in [1.82, 2.24) is 15.5 Å². The van der Waals surface area contributed by atoms with Gasteiger partial charge in [0.25, 0.3) is 0 Å². The first kappa shape index (κ1) is 19.8. The number of nitrogens with zero attached hydrogens (tertiary/aromatic N) is 1. The monoisotopic (exact) mass is 360 g/mol. The van der Waals surface area contributed by atoms with E-state index in [-0.39, 0.29) is 31.3 Å². The molecule has 0 aromatic heterocycles. The smallest absolute Gasteiger partial charge is 0.315 e. The molecule has 1 aromatic rings. The lowest BCUT2D eigenvalue weighted by Crippen LogP contribution is -2.41. The van der Waals surface area contributed by atoms with E-state index < -0.39 is 6.03 Å². The Bertz CT molecular complexity index is 658. The van der Waals surface area contributed by atoms with Crippen molar-refractivity contribution in [2.24, 2.45) is 0 Å². The van der Waals surface area contributed by atoms with Crippen LogP contribution in [0.5, 0.6) is 0 Å². The van der Waals surface area contributed by atoms with E-state index in [1.165, 1.54) is 0 Å². The van der Waals surface area contributed by atoms with Gasteiger partial charge in [-0.2, -0.15) is 0 Å². The Balaban J connectivity index is 1.68. The highest BCUT2D eigenvalue weighted by Gasteiger charge is 2.17. The minimum absolute atomic E-state index is 0.0610. The van der Waals surface area contributed by atoms with Crippen molar-refractivity contribution in [3.8, 4) is 0 Å². The third-order valence-corrected chi connectivity index (χ3v) is 4.43. The van der Waals surface area contributed by atoms with E-state index in [0.29, 0.717) is 0 Å². The van der Waals surface area contributed by atoms with Crippen LogP contribution in [0.3, 0.4) is 0 Å². The van der Waals surface area contributed by atoms with Gasteiger partial charge in [-0.1, -0.05) is 17.7 Å². The van der Waals surface area contributed by atoms with Crippen LogP contribution < -0.4 is 16.0 Å². The molecule has 1 aromatic carbocycles. The summed E-state index contributed by atoms with van der Waals surface area (Å²) in [6, 6.07) is 3.55. The lowest BCUT2D eigenvalue weighted by molar-refractivity contribution is -0.130. The number of carbonyl (C=O) groups excluding carboxylic acids is 3. The Morgan fingerprint density at radius 3 is 2.23 bits per heavy atom. The van der Waals surface area contributed by atoms with Crippen molar-refractivity contribution in [2.75, 3.05) is 31.5 Å². The van der Waals surface area contributed by atoms with Crippen LogP contribution in [-0.2, 0) is 9.59 Å². The molecule has 0 atom stereocenters. The molecule has 0 spiro atoms. The fourth-order valence-corrected chi connectivity index (χ4v) is 3.19. The first-order valence-electron chi connectivity index (χ1n) is 9.04. The summed E-state index contributed by atoms with van der Waals surface area (Å²) in [6.45, 7) is 7.63. The van der Waals surface area contributed by atoms with E-state index in [4.69, 9.17) is 0 Å². The molecular weight excluding hydrogens is 332 g/mol. The molecule has 3 N–H and O–H groups in total. The van der Waals surface area contributed by atoms with Gasteiger partial charge in [-0.25, -0.2) is 4.79 Å². The van der Waals surface area contributed by atoms with E-state index in [2.05, 4.69) is 16.0 Å². The summed E-state index contributed by atoms with van der Waals surface area (Å²) in [6.07, 6.45) is 2.38. The number of amides is 4. The zero-order valence-corrected chi connectivity index (χ0v) is 15.8. The van der Waals surface area contributed by atoms with Gasteiger partial charge in [0.2, 0.25) is 11.8 Å². The summed E-state index contributed by atoms with van der Waals surface area (Å²) in [7, 11) is 0. The van der Waals surface area contributed by atoms with Gasteiger partial charge in [-0.05, 0) is 44.7 Å². The van der Waals surface area contributed by atoms with Crippen LogP contribution in [0.1, 0.15) is 36.0 Å². The van der Waals surface area contributed by atoms with E-state index in [1.54, 1.807) is 0 Å². The molecule has 1 saturated heterocycles. The first-order valence-corrected chi connectivity index (χ1v) is 9.04. The van der Waals surface area contributed by atoms with Gasteiger partial charge in [-0.15, -0.1) is 0 Å². The molecule has 2 rings (SSSR count). The Kier molecular flexibility index (Phi) is 7.00. The summed E-state index contributed by atoms with van der Waals surface area (Å²) in [5.74, 6) is -0.228.